The van der Waals surface area contributed by atoms with Crippen LogP contribution in [0.1, 0.15) is 12.8 Å². The molecule has 10 heavy (non-hydrogen) atoms. The van der Waals surface area contributed by atoms with E-state index in [-0.39, 0.29) is 17.7 Å². The lowest BCUT2D eigenvalue weighted by atomic mass is 9.75. The van der Waals surface area contributed by atoms with Gasteiger partial charge in [-0.15, -0.1) is 0 Å². The minimum Gasteiger partial charge on any atom is -0.294 e. The predicted octanol–water partition coefficient (Wildman–Crippen LogP) is -0.474. The van der Waals surface area contributed by atoms with E-state index in [1.54, 1.807) is 0 Å². The molecule has 4 nitrogen and oxygen atoms in total. The molecule has 0 aromatic rings. The van der Waals surface area contributed by atoms with Gasteiger partial charge in [-0.1, -0.05) is 0 Å². The van der Waals surface area contributed by atoms with Gasteiger partial charge in [0.05, 0.1) is 6.07 Å². The van der Waals surface area contributed by atoms with Crippen LogP contribution in [0, 0.1) is 23.2 Å². The largest absolute Gasteiger partial charge is 0.294 e. The van der Waals surface area contributed by atoms with Crippen molar-refractivity contribution < 1.29 is 4.79 Å². The Morgan fingerprint density at radius 1 is 1.70 bits per heavy atom. The number of hydrazine groups is 1. The lowest BCUT2D eigenvalue weighted by Crippen LogP contribution is -2.41. The Hall–Kier alpha value is -1.08. The van der Waals surface area contributed by atoms with Crippen molar-refractivity contribution >= 4 is 5.91 Å². The number of nitrogens with zero attached hydrogens (tertiary/aromatic N) is 1. The second-order valence-corrected chi connectivity index (χ2v) is 2.50. The van der Waals surface area contributed by atoms with E-state index < -0.39 is 0 Å². The van der Waals surface area contributed by atoms with Gasteiger partial charge in [-0.3, -0.25) is 10.2 Å². The predicted molar refractivity (Wildman–Crippen MR) is 34.2 cm³/mol. The van der Waals surface area contributed by atoms with E-state index in [4.69, 9.17) is 11.1 Å². The van der Waals surface area contributed by atoms with Crippen LogP contribution in [0.25, 0.3) is 0 Å². The molecule has 4 heteroatoms. The molecule has 0 saturated heterocycles. The summed E-state index contributed by atoms with van der Waals surface area (Å²) in [7, 11) is 0. The summed E-state index contributed by atoms with van der Waals surface area (Å²) < 4.78 is 0. The monoisotopic (exact) mass is 139 g/mol. The van der Waals surface area contributed by atoms with Crippen molar-refractivity contribution in [1.82, 2.24) is 5.43 Å². The summed E-state index contributed by atoms with van der Waals surface area (Å²) in [6.07, 6.45) is 1.33. The van der Waals surface area contributed by atoms with Crippen LogP contribution in [0.2, 0.25) is 0 Å². The molecular formula is C6H9N3O. The highest BCUT2D eigenvalue weighted by molar-refractivity contribution is 5.78. The number of carbonyl (C=O) groups excluding carboxylic acids is 1. The van der Waals surface area contributed by atoms with E-state index in [0.29, 0.717) is 12.8 Å². The maximum Gasteiger partial charge on any atom is 0.237 e. The van der Waals surface area contributed by atoms with Crippen molar-refractivity contribution in [1.29, 1.82) is 5.26 Å². The number of nitrogens with two attached hydrogens (primary N) is 1. The molecule has 1 aliphatic carbocycles. The molecule has 1 amide bonds. The molecule has 0 aromatic heterocycles. The van der Waals surface area contributed by atoms with Crippen LogP contribution in [0.15, 0.2) is 0 Å². The van der Waals surface area contributed by atoms with Gasteiger partial charge in [0.1, 0.15) is 0 Å². The first-order valence-corrected chi connectivity index (χ1v) is 3.18. The highest BCUT2D eigenvalue weighted by Gasteiger charge is 2.33. The van der Waals surface area contributed by atoms with E-state index in [1.807, 2.05) is 0 Å². The molecule has 0 unspecified atom stereocenters. The maximum absolute atomic E-state index is 10.7. The van der Waals surface area contributed by atoms with Crippen molar-refractivity contribution in [3.05, 3.63) is 0 Å². The van der Waals surface area contributed by atoms with E-state index in [2.05, 4.69) is 11.5 Å². The molecule has 1 aliphatic rings. The Kier molecular flexibility index (Phi) is 1.88. The second kappa shape index (κ2) is 2.67. The number of hydrogen-bond acceptors (Lipinski definition) is 3. The number of rotatable bonds is 1. The van der Waals surface area contributed by atoms with Crippen LogP contribution in [-0.4, -0.2) is 5.91 Å². The summed E-state index contributed by atoms with van der Waals surface area (Å²) in [5.74, 6) is 4.79. The van der Waals surface area contributed by atoms with Gasteiger partial charge in [0.2, 0.25) is 5.91 Å². The summed E-state index contributed by atoms with van der Waals surface area (Å²) in [4.78, 5) is 10.7. The molecule has 0 aromatic carbocycles. The first-order valence-electron chi connectivity index (χ1n) is 3.18. The minimum absolute atomic E-state index is 0.0188. The van der Waals surface area contributed by atoms with Crippen LogP contribution in [-0.2, 0) is 4.79 Å². The Morgan fingerprint density at radius 2 is 2.30 bits per heavy atom. The topological polar surface area (TPSA) is 78.9 Å². The number of hydrogen-bond donors (Lipinski definition) is 2. The van der Waals surface area contributed by atoms with Gasteiger partial charge >= 0.3 is 0 Å². The minimum atomic E-state index is -0.147. The third-order valence-corrected chi connectivity index (χ3v) is 1.83. The first kappa shape index (κ1) is 7.03. The highest BCUT2D eigenvalue weighted by Crippen LogP contribution is 2.32. The summed E-state index contributed by atoms with van der Waals surface area (Å²) >= 11 is 0. The van der Waals surface area contributed by atoms with Crippen molar-refractivity contribution in [2.24, 2.45) is 17.7 Å². The van der Waals surface area contributed by atoms with Gasteiger partial charge in [0.15, 0.2) is 0 Å². The molecule has 0 heterocycles. The van der Waals surface area contributed by atoms with Crippen molar-refractivity contribution in [2.75, 3.05) is 0 Å². The molecule has 0 radical (unpaired) electrons. The fourth-order valence-corrected chi connectivity index (χ4v) is 1.06. The summed E-state index contributed by atoms with van der Waals surface area (Å²) in [5.41, 5.74) is 2.06. The van der Waals surface area contributed by atoms with Crippen molar-refractivity contribution in [3.63, 3.8) is 0 Å². The van der Waals surface area contributed by atoms with Gasteiger partial charge in [0, 0.05) is 11.8 Å². The van der Waals surface area contributed by atoms with Crippen molar-refractivity contribution in [2.45, 2.75) is 12.8 Å². The zero-order chi connectivity index (χ0) is 7.56. The Labute approximate surface area is 59.0 Å². The van der Waals surface area contributed by atoms with Crippen LogP contribution in [0.4, 0.5) is 0 Å². The van der Waals surface area contributed by atoms with Crippen LogP contribution >= 0.6 is 0 Å². The van der Waals surface area contributed by atoms with Gasteiger partial charge < -0.3 is 0 Å². The van der Waals surface area contributed by atoms with Gasteiger partial charge in [-0.05, 0) is 12.8 Å². The first-order chi connectivity index (χ1) is 4.77. The number of nitrogens with one attached hydrogen (secondary N) is 1. The quantitative estimate of drug-likeness (QED) is 0.293. The SMILES string of the molecule is N#CC1CC(C(=O)NN)C1. The van der Waals surface area contributed by atoms with E-state index in [0.717, 1.165) is 0 Å². The number of carbonyl (C=O) groups is 1. The molecule has 3 N–H and O–H groups in total. The molecule has 0 atom stereocenters. The lowest BCUT2D eigenvalue weighted by Gasteiger charge is -2.28. The van der Waals surface area contributed by atoms with Crippen LogP contribution < -0.4 is 11.3 Å². The fraction of sp³-hybridized carbons (Fsp3) is 0.667. The molecule has 1 rings (SSSR count). The Balaban J connectivity index is 2.27. The smallest absolute Gasteiger partial charge is 0.237 e. The standard InChI is InChI=1S/C6H9N3O/c7-3-4-1-5(2-4)6(10)9-8/h4-5H,1-2,8H2,(H,9,10). The third kappa shape index (κ3) is 1.09. The summed E-state index contributed by atoms with van der Waals surface area (Å²) in [5, 5.41) is 8.35. The molecular weight excluding hydrogens is 130 g/mol. The Morgan fingerprint density at radius 3 is 2.70 bits per heavy atom. The summed E-state index contributed by atoms with van der Waals surface area (Å²) in [6, 6.07) is 2.09. The zero-order valence-electron chi connectivity index (χ0n) is 5.50. The van der Waals surface area contributed by atoms with Crippen LogP contribution in [0.5, 0.6) is 0 Å². The van der Waals surface area contributed by atoms with Crippen molar-refractivity contribution in [3.8, 4) is 6.07 Å². The van der Waals surface area contributed by atoms with E-state index in [1.165, 1.54) is 0 Å². The molecule has 1 fully saturated rings. The van der Waals surface area contributed by atoms with Gasteiger partial charge in [0.25, 0.3) is 0 Å². The molecule has 1 saturated carbocycles. The normalized spacial score (nSPS) is 30.0. The number of amides is 1. The lowest BCUT2D eigenvalue weighted by molar-refractivity contribution is -0.128. The third-order valence-electron chi connectivity index (χ3n) is 1.83. The van der Waals surface area contributed by atoms with Gasteiger partial charge in [-0.25, -0.2) is 5.84 Å². The summed E-state index contributed by atoms with van der Waals surface area (Å²) in [6.45, 7) is 0. The average molecular weight is 139 g/mol. The highest BCUT2D eigenvalue weighted by atomic mass is 16.2. The zero-order valence-corrected chi connectivity index (χ0v) is 5.50. The van der Waals surface area contributed by atoms with E-state index in [9.17, 15) is 4.79 Å². The van der Waals surface area contributed by atoms with Gasteiger partial charge in [-0.2, -0.15) is 5.26 Å². The molecule has 0 spiro atoms. The van der Waals surface area contributed by atoms with Crippen LogP contribution in [0.3, 0.4) is 0 Å². The molecule has 0 bridgehead atoms. The fourth-order valence-electron chi connectivity index (χ4n) is 1.06. The molecule has 54 valence electrons. The maximum atomic E-state index is 10.7. The number of nitriles is 1. The Bertz CT molecular complexity index is 178. The van der Waals surface area contributed by atoms with E-state index >= 15 is 0 Å². The average Bonchev–Trinajstić information content (AvgIpc) is 1.85. The molecule has 0 aliphatic heterocycles. The second-order valence-electron chi connectivity index (χ2n) is 2.50.